The topological polar surface area (TPSA) is 75.5 Å². The SMILES string of the molecule is Cc1ccccc1NC(=O)C(=O)N/N=C\c1cc(C)n(-c2cccc(Br)c2)c1C. The van der Waals surface area contributed by atoms with E-state index in [4.69, 9.17) is 0 Å². The Labute approximate surface area is 177 Å². The zero-order valence-corrected chi connectivity index (χ0v) is 17.9. The summed E-state index contributed by atoms with van der Waals surface area (Å²) in [6, 6.07) is 17.2. The fourth-order valence-electron chi connectivity index (χ4n) is 3.03. The Morgan fingerprint density at radius 2 is 1.76 bits per heavy atom. The van der Waals surface area contributed by atoms with Gasteiger partial charge in [0.15, 0.2) is 0 Å². The number of nitrogens with one attached hydrogen (secondary N) is 2. The van der Waals surface area contributed by atoms with Crippen molar-refractivity contribution in [1.82, 2.24) is 9.99 Å². The van der Waals surface area contributed by atoms with Crippen LogP contribution in [-0.4, -0.2) is 22.6 Å². The summed E-state index contributed by atoms with van der Waals surface area (Å²) in [7, 11) is 0. The summed E-state index contributed by atoms with van der Waals surface area (Å²) in [5.74, 6) is -1.60. The minimum absolute atomic E-state index is 0.592. The van der Waals surface area contributed by atoms with Crippen LogP contribution in [0, 0.1) is 20.8 Å². The molecular formula is C22H21BrN4O2. The molecule has 148 valence electrons. The first kappa shape index (κ1) is 20.5. The van der Waals surface area contributed by atoms with E-state index in [9.17, 15) is 9.59 Å². The summed E-state index contributed by atoms with van der Waals surface area (Å²) in [6.45, 7) is 5.83. The molecule has 2 amide bonds. The lowest BCUT2D eigenvalue weighted by atomic mass is 10.2. The number of halogens is 1. The molecule has 7 heteroatoms. The Hall–Kier alpha value is -3.19. The average Bonchev–Trinajstić information content (AvgIpc) is 2.97. The fraction of sp³-hybridized carbons (Fsp3) is 0.136. The molecule has 1 heterocycles. The highest BCUT2D eigenvalue weighted by atomic mass is 79.9. The number of aromatic nitrogens is 1. The number of carbonyl (C=O) groups excluding carboxylic acids is 2. The molecule has 0 atom stereocenters. The van der Waals surface area contributed by atoms with E-state index in [1.54, 1.807) is 12.1 Å². The molecular weight excluding hydrogens is 432 g/mol. The van der Waals surface area contributed by atoms with Gasteiger partial charge in [-0.1, -0.05) is 40.2 Å². The number of aryl methyl sites for hydroxylation is 2. The van der Waals surface area contributed by atoms with E-state index in [0.717, 1.165) is 32.7 Å². The minimum Gasteiger partial charge on any atom is -0.318 e. The average molecular weight is 453 g/mol. The molecule has 0 bridgehead atoms. The Morgan fingerprint density at radius 1 is 1.00 bits per heavy atom. The van der Waals surface area contributed by atoms with E-state index in [1.165, 1.54) is 6.21 Å². The summed E-state index contributed by atoms with van der Waals surface area (Å²) >= 11 is 3.49. The Balaban J connectivity index is 1.69. The van der Waals surface area contributed by atoms with Crippen LogP contribution in [0.1, 0.15) is 22.5 Å². The molecule has 1 aromatic heterocycles. The van der Waals surface area contributed by atoms with Gasteiger partial charge in [-0.05, 0) is 56.7 Å². The summed E-state index contributed by atoms with van der Waals surface area (Å²) in [5, 5.41) is 6.52. The monoisotopic (exact) mass is 452 g/mol. The van der Waals surface area contributed by atoms with Crippen molar-refractivity contribution in [2.75, 3.05) is 5.32 Å². The van der Waals surface area contributed by atoms with Gasteiger partial charge in [0.25, 0.3) is 0 Å². The summed E-state index contributed by atoms with van der Waals surface area (Å²) in [5.41, 5.74) is 7.62. The first-order chi connectivity index (χ1) is 13.9. The van der Waals surface area contributed by atoms with Crippen LogP contribution >= 0.6 is 15.9 Å². The number of nitrogens with zero attached hydrogens (tertiary/aromatic N) is 2. The lowest BCUT2D eigenvalue weighted by Gasteiger charge is -2.09. The Bertz CT molecular complexity index is 1100. The van der Waals surface area contributed by atoms with Crippen LogP contribution in [0.25, 0.3) is 5.69 Å². The van der Waals surface area contributed by atoms with Gasteiger partial charge in [-0.2, -0.15) is 5.10 Å². The van der Waals surface area contributed by atoms with Gasteiger partial charge in [-0.25, -0.2) is 5.43 Å². The van der Waals surface area contributed by atoms with E-state index in [2.05, 4.69) is 36.3 Å². The largest absolute Gasteiger partial charge is 0.329 e. The number of anilines is 1. The maximum Gasteiger partial charge on any atom is 0.329 e. The van der Waals surface area contributed by atoms with Crippen LogP contribution in [0.2, 0.25) is 0 Å². The van der Waals surface area contributed by atoms with Crippen molar-refractivity contribution in [3.63, 3.8) is 0 Å². The van der Waals surface area contributed by atoms with Crippen LogP contribution < -0.4 is 10.7 Å². The molecule has 0 saturated heterocycles. The van der Waals surface area contributed by atoms with Crippen LogP contribution in [0.5, 0.6) is 0 Å². The predicted octanol–water partition coefficient (Wildman–Crippen LogP) is 4.25. The molecule has 3 rings (SSSR count). The van der Waals surface area contributed by atoms with Crippen molar-refractivity contribution in [3.05, 3.63) is 81.6 Å². The predicted molar refractivity (Wildman–Crippen MR) is 118 cm³/mol. The molecule has 2 N–H and O–H groups in total. The summed E-state index contributed by atoms with van der Waals surface area (Å²) in [4.78, 5) is 24.1. The third kappa shape index (κ3) is 4.81. The zero-order valence-electron chi connectivity index (χ0n) is 16.4. The standard InChI is InChI=1S/C22H21BrN4O2/c1-14-7-4-5-10-20(14)25-21(28)22(29)26-24-13-17-11-15(2)27(16(17)3)19-9-6-8-18(23)12-19/h4-13H,1-3H3,(H,25,28)(H,26,29)/b24-13-. The molecule has 0 aliphatic heterocycles. The number of hydrogen-bond donors (Lipinski definition) is 2. The van der Waals surface area contributed by atoms with Gasteiger partial charge in [0.2, 0.25) is 0 Å². The van der Waals surface area contributed by atoms with Gasteiger partial charge < -0.3 is 9.88 Å². The molecule has 0 unspecified atom stereocenters. The quantitative estimate of drug-likeness (QED) is 0.352. The molecule has 0 aliphatic carbocycles. The molecule has 0 spiro atoms. The Kier molecular flexibility index (Phi) is 6.29. The third-order valence-electron chi connectivity index (χ3n) is 4.51. The van der Waals surface area contributed by atoms with E-state index >= 15 is 0 Å². The van der Waals surface area contributed by atoms with Crippen molar-refractivity contribution < 1.29 is 9.59 Å². The number of para-hydroxylation sites is 1. The number of amides is 2. The van der Waals surface area contributed by atoms with Gasteiger partial charge in [0.05, 0.1) is 6.21 Å². The molecule has 6 nitrogen and oxygen atoms in total. The molecule has 0 saturated carbocycles. The highest BCUT2D eigenvalue weighted by molar-refractivity contribution is 9.10. The van der Waals surface area contributed by atoms with Crippen LogP contribution in [0.4, 0.5) is 5.69 Å². The van der Waals surface area contributed by atoms with Gasteiger partial charge in [-0.3, -0.25) is 9.59 Å². The first-order valence-corrected chi connectivity index (χ1v) is 9.81. The molecule has 0 aliphatic rings. The van der Waals surface area contributed by atoms with E-state index in [-0.39, 0.29) is 0 Å². The summed E-state index contributed by atoms with van der Waals surface area (Å²) < 4.78 is 3.09. The molecule has 0 radical (unpaired) electrons. The van der Waals surface area contributed by atoms with Crippen LogP contribution in [0.15, 0.2) is 64.2 Å². The zero-order chi connectivity index (χ0) is 21.0. The second kappa shape index (κ2) is 8.87. The molecule has 2 aromatic carbocycles. The Morgan fingerprint density at radius 3 is 2.48 bits per heavy atom. The lowest BCUT2D eigenvalue weighted by molar-refractivity contribution is -0.136. The van der Waals surface area contributed by atoms with Gasteiger partial charge >= 0.3 is 11.8 Å². The number of hydrogen-bond acceptors (Lipinski definition) is 3. The van der Waals surface area contributed by atoms with Crippen molar-refractivity contribution in [2.45, 2.75) is 20.8 Å². The van der Waals surface area contributed by atoms with Crippen LogP contribution in [-0.2, 0) is 9.59 Å². The lowest BCUT2D eigenvalue weighted by Crippen LogP contribution is -2.32. The number of benzene rings is 2. The highest BCUT2D eigenvalue weighted by Crippen LogP contribution is 2.22. The summed E-state index contributed by atoms with van der Waals surface area (Å²) in [6.07, 6.45) is 1.54. The minimum atomic E-state index is -0.828. The number of rotatable bonds is 4. The normalized spacial score (nSPS) is 10.9. The molecule has 3 aromatic rings. The second-order valence-electron chi connectivity index (χ2n) is 6.61. The van der Waals surface area contributed by atoms with E-state index < -0.39 is 11.8 Å². The maximum absolute atomic E-state index is 12.0. The second-order valence-corrected chi connectivity index (χ2v) is 7.53. The fourth-order valence-corrected chi connectivity index (χ4v) is 3.42. The van der Waals surface area contributed by atoms with Crippen molar-refractivity contribution >= 4 is 39.6 Å². The van der Waals surface area contributed by atoms with Gasteiger partial charge in [-0.15, -0.1) is 0 Å². The van der Waals surface area contributed by atoms with Crippen LogP contribution in [0.3, 0.4) is 0 Å². The molecule has 29 heavy (non-hydrogen) atoms. The smallest absolute Gasteiger partial charge is 0.318 e. The van der Waals surface area contributed by atoms with Gasteiger partial charge in [0.1, 0.15) is 0 Å². The number of carbonyl (C=O) groups is 2. The molecule has 0 fully saturated rings. The maximum atomic E-state index is 12.0. The first-order valence-electron chi connectivity index (χ1n) is 9.01. The van der Waals surface area contributed by atoms with Crippen molar-refractivity contribution in [1.29, 1.82) is 0 Å². The number of hydrazone groups is 1. The van der Waals surface area contributed by atoms with Gasteiger partial charge in [0, 0.05) is 32.8 Å². The highest BCUT2D eigenvalue weighted by Gasteiger charge is 2.14. The van der Waals surface area contributed by atoms with E-state index in [1.807, 2.05) is 63.2 Å². The third-order valence-corrected chi connectivity index (χ3v) is 5.00. The van der Waals surface area contributed by atoms with Crippen molar-refractivity contribution in [2.24, 2.45) is 5.10 Å². The van der Waals surface area contributed by atoms with Crippen molar-refractivity contribution in [3.8, 4) is 5.69 Å². The van der Waals surface area contributed by atoms with E-state index in [0.29, 0.717) is 5.69 Å².